The van der Waals surface area contributed by atoms with Crippen LogP contribution in [-0.4, -0.2) is 60.9 Å². The van der Waals surface area contributed by atoms with Crippen LogP contribution in [0.3, 0.4) is 0 Å². The molecule has 0 amide bonds. The summed E-state index contributed by atoms with van der Waals surface area (Å²) in [6.45, 7) is 2.46. The first-order chi connectivity index (χ1) is 14.7. The van der Waals surface area contributed by atoms with Crippen molar-refractivity contribution in [3.05, 3.63) is 29.3 Å². The standard InChI is InChI=1S/C24H33N3O2S/c1-27-13-15(14-29-24(28)20-8-4-3-5-10-25-20)11-17-16-7-6-9-19-22(16)18(12-21(17)27)23(26-19)30-2/h6-7,9,15,17,20-21,25-26H,3-5,8,10-14H2,1-2H3/t15-,17?,20?,21-/m1/s1. The van der Waals surface area contributed by atoms with Gasteiger partial charge in [-0.05, 0) is 62.7 Å². The lowest BCUT2D eigenvalue weighted by Crippen LogP contribution is -2.49. The van der Waals surface area contributed by atoms with E-state index in [1.54, 1.807) is 0 Å². The van der Waals surface area contributed by atoms with E-state index in [0.717, 1.165) is 45.2 Å². The highest BCUT2D eigenvalue weighted by Gasteiger charge is 2.40. The number of piperidine rings is 1. The number of esters is 1. The summed E-state index contributed by atoms with van der Waals surface area (Å²) in [5.74, 6) is 0.844. The third-order valence-corrected chi connectivity index (χ3v) is 8.16. The number of fused-ring (bicyclic) bond motifs is 2. The minimum Gasteiger partial charge on any atom is -0.464 e. The van der Waals surface area contributed by atoms with E-state index in [9.17, 15) is 4.79 Å². The third-order valence-electron chi connectivity index (χ3n) is 7.41. The Morgan fingerprint density at radius 3 is 3.07 bits per heavy atom. The number of likely N-dealkylation sites (N-methyl/N-ethyl adjacent to an activating group) is 1. The lowest BCUT2D eigenvalue weighted by molar-refractivity contribution is -0.148. The summed E-state index contributed by atoms with van der Waals surface area (Å²) in [6.07, 6.45) is 8.74. The van der Waals surface area contributed by atoms with Crippen LogP contribution in [0.15, 0.2) is 23.2 Å². The maximum absolute atomic E-state index is 12.6. The number of hydrogen-bond donors (Lipinski definition) is 2. The number of rotatable bonds is 4. The van der Waals surface area contributed by atoms with E-state index in [0.29, 0.717) is 24.5 Å². The van der Waals surface area contributed by atoms with Crippen molar-refractivity contribution in [3.63, 3.8) is 0 Å². The van der Waals surface area contributed by atoms with E-state index in [2.05, 4.69) is 46.7 Å². The van der Waals surface area contributed by atoms with E-state index in [1.165, 1.54) is 33.5 Å². The zero-order valence-electron chi connectivity index (χ0n) is 18.1. The van der Waals surface area contributed by atoms with Crippen molar-refractivity contribution < 1.29 is 9.53 Å². The molecule has 2 aliphatic heterocycles. The fraction of sp³-hybridized carbons (Fsp3) is 0.625. The number of carbonyl (C=O) groups is 1. The number of nitrogens with zero attached hydrogens (tertiary/aromatic N) is 1. The van der Waals surface area contributed by atoms with Gasteiger partial charge in [0.15, 0.2) is 0 Å². The molecule has 0 bridgehead atoms. The summed E-state index contributed by atoms with van der Waals surface area (Å²) < 4.78 is 5.83. The van der Waals surface area contributed by atoms with Gasteiger partial charge in [0.2, 0.25) is 0 Å². The van der Waals surface area contributed by atoms with Crippen molar-refractivity contribution in [1.82, 2.24) is 15.2 Å². The van der Waals surface area contributed by atoms with Crippen LogP contribution in [0.2, 0.25) is 0 Å². The van der Waals surface area contributed by atoms with Crippen LogP contribution in [-0.2, 0) is 16.0 Å². The minimum absolute atomic E-state index is 0.0510. The molecule has 3 aliphatic rings. The van der Waals surface area contributed by atoms with E-state index in [1.807, 2.05) is 11.8 Å². The van der Waals surface area contributed by atoms with Gasteiger partial charge < -0.3 is 19.9 Å². The number of likely N-dealkylation sites (tertiary alicyclic amines) is 1. The highest BCUT2D eigenvalue weighted by molar-refractivity contribution is 7.98. The molecule has 2 saturated heterocycles. The normalized spacial score (nSPS) is 29.4. The average Bonchev–Trinajstić information content (AvgIpc) is 2.93. The maximum atomic E-state index is 12.6. The van der Waals surface area contributed by atoms with Crippen LogP contribution in [0, 0.1) is 5.92 Å². The summed E-state index contributed by atoms with van der Waals surface area (Å²) in [5.41, 5.74) is 4.23. The number of carbonyl (C=O) groups excluding carboxylic acids is 1. The first kappa shape index (κ1) is 20.4. The lowest BCUT2D eigenvalue weighted by Gasteiger charge is -2.45. The van der Waals surface area contributed by atoms with Crippen LogP contribution < -0.4 is 5.32 Å². The summed E-state index contributed by atoms with van der Waals surface area (Å²) in [6, 6.07) is 7.12. The topological polar surface area (TPSA) is 57.4 Å². The highest BCUT2D eigenvalue weighted by atomic mass is 32.2. The minimum atomic E-state index is -0.114. The molecule has 5 nitrogen and oxygen atoms in total. The van der Waals surface area contributed by atoms with Gasteiger partial charge in [0.1, 0.15) is 6.04 Å². The Bertz CT molecular complexity index is 919. The van der Waals surface area contributed by atoms with E-state index < -0.39 is 0 Å². The molecular formula is C24H33N3O2S. The second-order valence-electron chi connectivity index (χ2n) is 9.31. The number of nitrogens with one attached hydrogen (secondary N) is 2. The van der Waals surface area contributed by atoms with Crippen molar-refractivity contribution >= 4 is 28.6 Å². The molecule has 4 atom stereocenters. The Labute approximate surface area is 183 Å². The van der Waals surface area contributed by atoms with Crippen molar-refractivity contribution in [1.29, 1.82) is 0 Å². The van der Waals surface area contributed by atoms with Gasteiger partial charge in [0.25, 0.3) is 0 Å². The number of benzene rings is 1. The van der Waals surface area contributed by atoms with Gasteiger partial charge in [-0.2, -0.15) is 0 Å². The van der Waals surface area contributed by atoms with Crippen molar-refractivity contribution in [3.8, 4) is 0 Å². The number of ether oxygens (including phenoxy) is 1. The van der Waals surface area contributed by atoms with Crippen LogP contribution >= 0.6 is 11.8 Å². The number of H-pyrrole nitrogens is 1. The Morgan fingerprint density at radius 2 is 2.20 bits per heavy atom. The summed E-state index contributed by atoms with van der Waals surface area (Å²) in [5, 5.41) is 6.12. The SMILES string of the molecule is CSc1[nH]c2cccc3c2c1C[C@@H]1C3C[C@@H](COC(=O)C2CCCCCN2)CN1C. The van der Waals surface area contributed by atoms with Gasteiger partial charge in [0.05, 0.1) is 11.6 Å². The third kappa shape index (κ3) is 3.67. The average molecular weight is 428 g/mol. The van der Waals surface area contributed by atoms with E-state index >= 15 is 0 Å². The lowest BCUT2D eigenvalue weighted by atomic mass is 9.72. The second-order valence-corrected chi connectivity index (χ2v) is 10.1. The van der Waals surface area contributed by atoms with Crippen LogP contribution in [0.4, 0.5) is 0 Å². The van der Waals surface area contributed by atoms with Crippen LogP contribution in [0.5, 0.6) is 0 Å². The Hall–Kier alpha value is -1.50. The van der Waals surface area contributed by atoms with Gasteiger partial charge in [-0.15, -0.1) is 11.8 Å². The molecule has 6 heteroatoms. The van der Waals surface area contributed by atoms with Gasteiger partial charge in [-0.25, -0.2) is 0 Å². The zero-order chi connectivity index (χ0) is 20.7. The fourth-order valence-corrected chi connectivity index (χ4v) is 6.58. The smallest absolute Gasteiger partial charge is 0.323 e. The largest absolute Gasteiger partial charge is 0.464 e. The predicted molar refractivity (Wildman–Crippen MR) is 122 cm³/mol. The first-order valence-electron chi connectivity index (χ1n) is 11.4. The molecule has 2 N–H and O–H groups in total. The summed E-state index contributed by atoms with van der Waals surface area (Å²) in [7, 11) is 2.25. The number of aromatic amines is 1. The van der Waals surface area contributed by atoms with Crippen LogP contribution in [0.1, 0.15) is 49.1 Å². The van der Waals surface area contributed by atoms with Gasteiger partial charge >= 0.3 is 5.97 Å². The Kier molecular flexibility index (Phi) is 5.82. The molecule has 0 radical (unpaired) electrons. The van der Waals surface area contributed by atoms with Crippen molar-refractivity contribution in [2.75, 3.05) is 33.0 Å². The Morgan fingerprint density at radius 1 is 1.30 bits per heavy atom. The Balaban J connectivity index is 1.32. The molecule has 2 aromatic rings. The fourth-order valence-electron chi connectivity index (χ4n) is 5.93. The quantitative estimate of drug-likeness (QED) is 0.572. The monoisotopic (exact) mass is 427 g/mol. The van der Waals surface area contributed by atoms with Crippen molar-refractivity contribution in [2.24, 2.45) is 5.92 Å². The zero-order valence-corrected chi connectivity index (χ0v) is 18.9. The summed E-state index contributed by atoms with van der Waals surface area (Å²) in [4.78, 5) is 18.7. The van der Waals surface area contributed by atoms with E-state index in [-0.39, 0.29) is 12.0 Å². The molecule has 0 saturated carbocycles. The number of hydrogen-bond acceptors (Lipinski definition) is 5. The molecular weight excluding hydrogens is 394 g/mol. The van der Waals surface area contributed by atoms with Gasteiger partial charge in [-0.3, -0.25) is 4.79 Å². The van der Waals surface area contributed by atoms with Gasteiger partial charge in [0, 0.05) is 35.3 Å². The predicted octanol–water partition coefficient (Wildman–Crippen LogP) is 3.93. The van der Waals surface area contributed by atoms with Crippen molar-refractivity contribution in [2.45, 2.75) is 61.6 Å². The number of thioether (sulfide) groups is 1. The van der Waals surface area contributed by atoms with E-state index in [4.69, 9.17) is 4.74 Å². The molecule has 1 aromatic carbocycles. The molecule has 5 rings (SSSR count). The number of aromatic nitrogens is 1. The molecule has 30 heavy (non-hydrogen) atoms. The molecule has 162 valence electrons. The second kappa shape index (κ2) is 8.56. The molecule has 2 unspecified atom stereocenters. The van der Waals surface area contributed by atoms with Crippen LogP contribution in [0.25, 0.3) is 10.9 Å². The molecule has 2 fully saturated rings. The maximum Gasteiger partial charge on any atom is 0.323 e. The molecule has 0 spiro atoms. The summed E-state index contributed by atoms with van der Waals surface area (Å²) >= 11 is 1.82. The molecule has 1 aliphatic carbocycles. The molecule has 1 aromatic heterocycles. The first-order valence-corrected chi connectivity index (χ1v) is 12.7. The highest BCUT2D eigenvalue weighted by Crippen LogP contribution is 2.46. The molecule has 3 heterocycles. The van der Waals surface area contributed by atoms with Gasteiger partial charge in [-0.1, -0.05) is 25.0 Å².